The summed E-state index contributed by atoms with van der Waals surface area (Å²) in [4.78, 5) is 26.5. The lowest BCUT2D eigenvalue weighted by Crippen LogP contribution is -2.42. The van der Waals surface area contributed by atoms with Gasteiger partial charge in [-0.1, -0.05) is 30.7 Å². The van der Waals surface area contributed by atoms with Gasteiger partial charge in [-0.2, -0.15) is 0 Å². The fraction of sp³-hybridized carbons (Fsp3) is 0.481. The van der Waals surface area contributed by atoms with Gasteiger partial charge in [-0.3, -0.25) is 0 Å². The minimum atomic E-state index is -0.302. The summed E-state index contributed by atoms with van der Waals surface area (Å²) in [6.07, 6.45) is 4.11. The first-order chi connectivity index (χ1) is 16.5. The standard InChI is InChI=1S/C27H37N3O4/c1-4-21(11-15-31)22-7-10-26(30(14-18-33-3)24-12-16-34-17-13-24)25(19-22)29-27(32)28-23-8-5-20(2)6-9-23/h5-10,15,19,21,24H,4,11-14,16-18H2,1-3H3,(H2,28,29,32). The van der Waals surface area contributed by atoms with Gasteiger partial charge in [-0.25, -0.2) is 4.79 Å². The van der Waals surface area contributed by atoms with Crippen molar-refractivity contribution >= 4 is 29.4 Å². The van der Waals surface area contributed by atoms with E-state index in [0.717, 1.165) is 67.0 Å². The molecule has 1 saturated heterocycles. The molecule has 2 N–H and O–H groups in total. The summed E-state index contributed by atoms with van der Waals surface area (Å²) in [5.41, 5.74) is 4.59. The zero-order valence-corrected chi connectivity index (χ0v) is 20.5. The Labute approximate surface area is 202 Å². The maximum Gasteiger partial charge on any atom is 0.323 e. The minimum Gasteiger partial charge on any atom is -0.383 e. The first kappa shape index (κ1) is 25.7. The van der Waals surface area contributed by atoms with E-state index in [9.17, 15) is 9.59 Å². The first-order valence-electron chi connectivity index (χ1n) is 12.1. The molecule has 7 heteroatoms. The molecule has 1 fully saturated rings. The van der Waals surface area contributed by atoms with E-state index < -0.39 is 0 Å². The maximum absolute atomic E-state index is 13.0. The predicted octanol–water partition coefficient (Wildman–Crippen LogP) is 5.35. The molecule has 0 aliphatic carbocycles. The van der Waals surface area contributed by atoms with Crippen molar-refractivity contribution in [3.05, 3.63) is 53.6 Å². The van der Waals surface area contributed by atoms with Crippen LogP contribution in [0.5, 0.6) is 0 Å². The number of ether oxygens (including phenoxy) is 2. The Morgan fingerprint density at radius 1 is 1.18 bits per heavy atom. The smallest absolute Gasteiger partial charge is 0.323 e. The molecule has 184 valence electrons. The third-order valence-corrected chi connectivity index (χ3v) is 6.40. The fourth-order valence-electron chi connectivity index (χ4n) is 4.42. The first-order valence-corrected chi connectivity index (χ1v) is 12.1. The highest BCUT2D eigenvalue weighted by molar-refractivity contribution is 6.02. The van der Waals surface area contributed by atoms with Gasteiger partial charge in [0, 0.05) is 45.0 Å². The van der Waals surface area contributed by atoms with Gasteiger partial charge in [-0.15, -0.1) is 0 Å². The van der Waals surface area contributed by atoms with Crippen molar-refractivity contribution < 1.29 is 19.1 Å². The zero-order valence-electron chi connectivity index (χ0n) is 20.5. The minimum absolute atomic E-state index is 0.114. The van der Waals surface area contributed by atoms with E-state index in [2.05, 4.69) is 34.6 Å². The number of aryl methyl sites for hydroxylation is 1. The Kier molecular flexibility index (Phi) is 9.91. The summed E-state index contributed by atoms with van der Waals surface area (Å²) < 4.78 is 11.0. The lowest BCUT2D eigenvalue weighted by Gasteiger charge is -2.37. The van der Waals surface area contributed by atoms with Crippen LogP contribution in [0.2, 0.25) is 0 Å². The van der Waals surface area contributed by atoms with Crippen LogP contribution in [0.25, 0.3) is 0 Å². The van der Waals surface area contributed by atoms with Crippen LogP contribution in [0, 0.1) is 6.92 Å². The van der Waals surface area contributed by atoms with Gasteiger partial charge in [0.2, 0.25) is 0 Å². The van der Waals surface area contributed by atoms with Gasteiger partial charge < -0.3 is 29.8 Å². The number of benzene rings is 2. The number of aldehydes is 1. The highest BCUT2D eigenvalue weighted by atomic mass is 16.5. The summed E-state index contributed by atoms with van der Waals surface area (Å²) in [5.74, 6) is 0.114. The topological polar surface area (TPSA) is 79.9 Å². The highest BCUT2D eigenvalue weighted by Crippen LogP contribution is 2.35. The normalized spacial score (nSPS) is 14.9. The number of nitrogens with one attached hydrogen (secondary N) is 2. The monoisotopic (exact) mass is 467 g/mol. The number of anilines is 3. The number of carbonyl (C=O) groups is 2. The summed E-state index contributed by atoms with van der Waals surface area (Å²) >= 11 is 0. The van der Waals surface area contributed by atoms with Crippen LogP contribution in [0.15, 0.2) is 42.5 Å². The maximum atomic E-state index is 13.0. The van der Waals surface area contributed by atoms with Gasteiger partial charge in [-0.05, 0) is 61.9 Å². The Hall–Kier alpha value is -2.90. The lowest BCUT2D eigenvalue weighted by molar-refractivity contribution is -0.108. The Morgan fingerprint density at radius 3 is 2.56 bits per heavy atom. The Balaban J connectivity index is 1.93. The van der Waals surface area contributed by atoms with E-state index in [1.807, 2.05) is 37.3 Å². The molecule has 0 aromatic heterocycles. The molecular formula is C27H37N3O4. The molecule has 2 aromatic rings. The summed E-state index contributed by atoms with van der Waals surface area (Å²) in [7, 11) is 1.70. The third kappa shape index (κ3) is 7.05. The van der Waals surface area contributed by atoms with E-state index in [4.69, 9.17) is 9.47 Å². The largest absolute Gasteiger partial charge is 0.383 e. The van der Waals surface area contributed by atoms with Gasteiger partial charge in [0.05, 0.1) is 18.0 Å². The Morgan fingerprint density at radius 2 is 1.91 bits per heavy atom. The number of hydrogen-bond donors (Lipinski definition) is 2. The molecule has 2 aromatic carbocycles. The molecule has 1 heterocycles. The van der Waals surface area contributed by atoms with Gasteiger partial charge in [0.25, 0.3) is 0 Å². The van der Waals surface area contributed by atoms with E-state index in [1.54, 1.807) is 7.11 Å². The molecule has 2 amide bonds. The lowest BCUT2D eigenvalue weighted by atomic mass is 9.92. The number of nitrogens with zero attached hydrogens (tertiary/aromatic N) is 1. The highest BCUT2D eigenvalue weighted by Gasteiger charge is 2.25. The number of carbonyl (C=O) groups excluding carboxylic acids is 2. The van der Waals surface area contributed by atoms with Crippen LogP contribution in [-0.4, -0.2) is 51.8 Å². The molecule has 34 heavy (non-hydrogen) atoms. The van der Waals surface area contributed by atoms with Crippen molar-refractivity contribution in [2.45, 2.75) is 51.5 Å². The molecule has 1 atom stereocenters. The van der Waals surface area contributed by atoms with Crippen molar-refractivity contribution in [3.8, 4) is 0 Å². The molecule has 0 radical (unpaired) electrons. The van der Waals surface area contributed by atoms with Crippen LogP contribution in [-0.2, 0) is 14.3 Å². The predicted molar refractivity (Wildman–Crippen MR) is 137 cm³/mol. The molecule has 1 aliphatic rings. The van der Waals surface area contributed by atoms with Gasteiger partial charge in [0.15, 0.2) is 0 Å². The van der Waals surface area contributed by atoms with E-state index in [1.165, 1.54) is 0 Å². The SMILES string of the molecule is CCC(CC=O)c1ccc(N(CCOC)C2CCOCC2)c(NC(=O)Nc2ccc(C)cc2)c1. The van der Waals surface area contributed by atoms with Crippen LogP contribution in [0.4, 0.5) is 21.9 Å². The second-order valence-corrected chi connectivity index (χ2v) is 8.76. The van der Waals surface area contributed by atoms with E-state index >= 15 is 0 Å². The molecule has 1 unspecified atom stereocenters. The van der Waals surface area contributed by atoms with Crippen molar-refractivity contribution in [2.24, 2.45) is 0 Å². The van der Waals surface area contributed by atoms with Crippen molar-refractivity contribution in [1.82, 2.24) is 0 Å². The summed E-state index contributed by atoms with van der Waals surface area (Å²) in [5, 5.41) is 6.00. The Bertz CT molecular complexity index is 926. The molecule has 0 bridgehead atoms. The van der Waals surface area contributed by atoms with Crippen molar-refractivity contribution in [2.75, 3.05) is 49.0 Å². The number of amides is 2. The van der Waals surface area contributed by atoms with Crippen LogP contribution < -0.4 is 15.5 Å². The van der Waals surface area contributed by atoms with Crippen LogP contribution in [0.3, 0.4) is 0 Å². The number of urea groups is 1. The van der Waals surface area contributed by atoms with Crippen LogP contribution in [0.1, 0.15) is 49.7 Å². The average Bonchev–Trinajstić information content (AvgIpc) is 2.85. The number of hydrogen-bond acceptors (Lipinski definition) is 5. The van der Waals surface area contributed by atoms with Crippen molar-refractivity contribution in [1.29, 1.82) is 0 Å². The van der Waals surface area contributed by atoms with Crippen LogP contribution >= 0.6 is 0 Å². The molecule has 0 saturated carbocycles. The summed E-state index contributed by atoms with van der Waals surface area (Å²) in [6.45, 7) is 6.82. The second kappa shape index (κ2) is 13.1. The third-order valence-electron chi connectivity index (χ3n) is 6.40. The average molecular weight is 468 g/mol. The molecule has 3 rings (SSSR count). The van der Waals surface area contributed by atoms with Gasteiger partial charge >= 0.3 is 6.03 Å². The van der Waals surface area contributed by atoms with Gasteiger partial charge in [0.1, 0.15) is 6.29 Å². The molecule has 0 spiro atoms. The summed E-state index contributed by atoms with van der Waals surface area (Å²) in [6, 6.07) is 13.9. The molecule has 7 nitrogen and oxygen atoms in total. The van der Waals surface area contributed by atoms with E-state index in [-0.39, 0.29) is 11.9 Å². The quantitative estimate of drug-likeness (QED) is 0.435. The molecule has 1 aliphatic heterocycles. The van der Waals surface area contributed by atoms with E-state index in [0.29, 0.717) is 25.6 Å². The second-order valence-electron chi connectivity index (χ2n) is 8.76. The zero-order chi connectivity index (χ0) is 24.3. The number of methoxy groups -OCH3 is 1. The number of rotatable bonds is 11. The fourth-order valence-corrected chi connectivity index (χ4v) is 4.42. The van der Waals surface area contributed by atoms with Crippen molar-refractivity contribution in [3.63, 3.8) is 0 Å². The molecular weight excluding hydrogens is 430 g/mol.